The molecule has 0 aliphatic heterocycles. The molecule has 0 atom stereocenters. The molecule has 0 aliphatic carbocycles. The summed E-state index contributed by atoms with van der Waals surface area (Å²) in [7, 11) is 1.32. The van der Waals surface area contributed by atoms with E-state index in [9.17, 15) is 9.59 Å². The number of ether oxygens (including phenoxy) is 2. The minimum absolute atomic E-state index is 0.280. The van der Waals surface area contributed by atoms with Crippen LogP contribution in [0.5, 0.6) is 5.75 Å². The summed E-state index contributed by atoms with van der Waals surface area (Å²) in [6.07, 6.45) is 0. The van der Waals surface area contributed by atoms with Gasteiger partial charge in [-0.15, -0.1) is 0 Å². The highest BCUT2D eigenvalue weighted by Crippen LogP contribution is 2.25. The number of primary amides is 1. The summed E-state index contributed by atoms with van der Waals surface area (Å²) in [5.74, 6) is -0.305. The number of benzene rings is 2. The second-order valence-electron chi connectivity index (χ2n) is 4.96. The van der Waals surface area contributed by atoms with Crippen molar-refractivity contribution in [3.8, 4) is 5.75 Å². The van der Waals surface area contributed by atoms with E-state index in [1.54, 1.807) is 42.5 Å². The van der Waals surface area contributed by atoms with E-state index in [0.717, 1.165) is 5.56 Å². The number of nitrogens with two attached hydrogens (primary N) is 1. The van der Waals surface area contributed by atoms with Crippen LogP contribution in [0.15, 0.2) is 49.0 Å². The Hall–Kier alpha value is -3.08. The van der Waals surface area contributed by atoms with E-state index < -0.39 is 11.9 Å². The Bertz CT molecular complexity index is 763. The fourth-order valence-electron chi connectivity index (χ4n) is 2.02. The van der Waals surface area contributed by atoms with E-state index in [1.807, 2.05) is 6.92 Å². The van der Waals surface area contributed by atoms with Crippen molar-refractivity contribution in [3.05, 3.63) is 71.3 Å². The highest BCUT2D eigenvalue weighted by atomic mass is 16.5. The maximum Gasteiger partial charge on any atom is 0.337 e. The third-order valence-electron chi connectivity index (χ3n) is 3.26. The Labute approximate surface area is 134 Å². The van der Waals surface area contributed by atoms with Gasteiger partial charge in [-0.3, -0.25) is 4.79 Å². The first-order valence-electron chi connectivity index (χ1n) is 6.88. The zero-order chi connectivity index (χ0) is 17.0. The van der Waals surface area contributed by atoms with Gasteiger partial charge in [0, 0.05) is 5.56 Å². The quantitative estimate of drug-likeness (QED) is 0.680. The summed E-state index contributed by atoms with van der Waals surface area (Å²) in [6.45, 7) is 5.74. The Morgan fingerprint density at radius 2 is 1.65 bits per heavy atom. The molecule has 0 heterocycles. The fourth-order valence-corrected chi connectivity index (χ4v) is 2.02. The summed E-state index contributed by atoms with van der Waals surface area (Å²) >= 11 is 0. The van der Waals surface area contributed by atoms with Crippen LogP contribution in [0.2, 0.25) is 0 Å². The van der Waals surface area contributed by atoms with Crippen LogP contribution in [0.25, 0.3) is 5.76 Å². The molecule has 1 amide bonds. The minimum atomic E-state index is -0.575. The van der Waals surface area contributed by atoms with Crippen molar-refractivity contribution < 1.29 is 19.1 Å². The zero-order valence-corrected chi connectivity index (χ0v) is 13.0. The van der Waals surface area contributed by atoms with Crippen LogP contribution in [-0.4, -0.2) is 19.0 Å². The van der Waals surface area contributed by atoms with Crippen LogP contribution < -0.4 is 10.5 Å². The number of amides is 1. The van der Waals surface area contributed by atoms with Crippen LogP contribution in [-0.2, 0) is 4.74 Å². The molecule has 0 fully saturated rings. The van der Waals surface area contributed by atoms with Gasteiger partial charge in [0.25, 0.3) is 5.91 Å². The minimum Gasteiger partial charge on any atom is -0.465 e. The number of carbonyl (C=O) groups is 2. The van der Waals surface area contributed by atoms with E-state index in [0.29, 0.717) is 22.6 Å². The van der Waals surface area contributed by atoms with Crippen LogP contribution >= 0.6 is 0 Å². The normalized spacial score (nSPS) is 10.0. The van der Waals surface area contributed by atoms with Crippen molar-refractivity contribution in [2.24, 2.45) is 5.73 Å². The SMILES string of the molecule is C=C(Oc1cc(C)ccc1C(N)=O)c1ccc(C(=O)OC)cc1. The summed E-state index contributed by atoms with van der Waals surface area (Å²) in [5, 5.41) is 0. The Morgan fingerprint density at radius 3 is 2.22 bits per heavy atom. The molecule has 2 rings (SSSR count). The number of hydrogen-bond acceptors (Lipinski definition) is 4. The van der Waals surface area contributed by atoms with E-state index >= 15 is 0 Å². The van der Waals surface area contributed by atoms with Gasteiger partial charge in [-0.2, -0.15) is 0 Å². The van der Waals surface area contributed by atoms with Crippen LogP contribution in [0.1, 0.15) is 31.8 Å². The van der Waals surface area contributed by atoms with Crippen molar-refractivity contribution in [2.45, 2.75) is 6.92 Å². The molecule has 0 spiro atoms. The molecule has 0 unspecified atom stereocenters. The molecule has 2 N–H and O–H groups in total. The van der Waals surface area contributed by atoms with E-state index in [4.69, 9.17) is 10.5 Å². The van der Waals surface area contributed by atoms with Gasteiger partial charge in [0.05, 0.1) is 18.2 Å². The van der Waals surface area contributed by atoms with Crippen molar-refractivity contribution in [1.82, 2.24) is 0 Å². The molecule has 5 nitrogen and oxygen atoms in total. The van der Waals surface area contributed by atoms with Crippen molar-refractivity contribution in [2.75, 3.05) is 7.11 Å². The molecular formula is C18H17NO4. The number of methoxy groups -OCH3 is 1. The van der Waals surface area contributed by atoms with Crippen LogP contribution in [0.4, 0.5) is 0 Å². The van der Waals surface area contributed by atoms with Gasteiger partial charge in [0.1, 0.15) is 11.5 Å². The number of rotatable bonds is 5. The van der Waals surface area contributed by atoms with Crippen LogP contribution in [0.3, 0.4) is 0 Å². The first-order valence-corrected chi connectivity index (χ1v) is 6.88. The molecule has 5 heteroatoms. The van der Waals surface area contributed by atoms with E-state index in [2.05, 4.69) is 11.3 Å². The molecule has 23 heavy (non-hydrogen) atoms. The summed E-state index contributed by atoms with van der Waals surface area (Å²) in [6, 6.07) is 11.7. The zero-order valence-electron chi connectivity index (χ0n) is 13.0. The fraction of sp³-hybridized carbons (Fsp3) is 0.111. The third-order valence-corrected chi connectivity index (χ3v) is 3.26. The van der Waals surface area contributed by atoms with Crippen molar-refractivity contribution >= 4 is 17.6 Å². The van der Waals surface area contributed by atoms with Gasteiger partial charge in [-0.1, -0.05) is 24.8 Å². The summed E-state index contributed by atoms with van der Waals surface area (Å²) < 4.78 is 10.3. The molecule has 2 aromatic carbocycles. The number of hydrogen-bond donors (Lipinski definition) is 1. The number of aryl methyl sites for hydroxylation is 1. The lowest BCUT2D eigenvalue weighted by Gasteiger charge is -2.12. The van der Waals surface area contributed by atoms with E-state index in [1.165, 1.54) is 7.11 Å². The molecule has 0 bridgehead atoms. The smallest absolute Gasteiger partial charge is 0.337 e. The van der Waals surface area contributed by atoms with Crippen LogP contribution in [0, 0.1) is 6.92 Å². The lowest BCUT2D eigenvalue weighted by Crippen LogP contribution is -2.13. The second kappa shape index (κ2) is 6.79. The second-order valence-corrected chi connectivity index (χ2v) is 4.96. The lowest BCUT2D eigenvalue weighted by molar-refractivity contribution is 0.0600. The monoisotopic (exact) mass is 311 g/mol. The highest BCUT2D eigenvalue weighted by molar-refractivity contribution is 5.96. The molecule has 0 radical (unpaired) electrons. The van der Waals surface area contributed by atoms with Gasteiger partial charge in [-0.25, -0.2) is 4.79 Å². The van der Waals surface area contributed by atoms with Crippen molar-refractivity contribution in [1.29, 1.82) is 0 Å². The largest absolute Gasteiger partial charge is 0.465 e. The molecule has 0 aromatic heterocycles. The number of carbonyl (C=O) groups excluding carboxylic acids is 2. The third kappa shape index (κ3) is 3.77. The topological polar surface area (TPSA) is 78.6 Å². The molecule has 118 valence electrons. The lowest BCUT2D eigenvalue weighted by atomic mass is 10.1. The molecule has 0 aliphatic rings. The highest BCUT2D eigenvalue weighted by Gasteiger charge is 2.12. The average molecular weight is 311 g/mol. The number of esters is 1. The molecule has 0 saturated carbocycles. The van der Waals surface area contributed by atoms with E-state index in [-0.39, 0.29) is 5.56 Å². The maximum absolute atomic E-state index is 11.5. The standard InChI is InChI=1S/C18H17NO4/c1-11-4-9-15(17(19)20)16(10-11)23-12(2)13-5-7-14(8-6-13)18(21)22-3/h4-10H,2H2,1,3H3,(H2,19,20). The molecular weight excluding hydrogens is 294 g/mol. The van der Waals surface area contributed by atoms with Gasteiger partial charge in [0.2, 0.25) is 0 Å². The summed E-state index contributed by atoms with van der Waals surface area (Å²) in [4.78, 5) is 22.9. The average Bonchev–Trinajstić information content (AvgIpc) is 2.54. The van der Waals surface area contributed by atoms with Crippen molar-refractivity contribution in [3.63, 3.8) is 0 Å². The van der Waals surface area contributed by atoms with Gasteiger partial charge in [0.15, 0.2) is 0 Å². The van der Waals surface area contributed by atoms with Gasteiger partial charge >= 0.3 is 5.97 Å². The molecule has 2 aromatic rings. The Kier molecular flexibility index (Phi) is 4.81. The Morgan fingerprint density at radius 1 is 1.04 bits per heavy atom. The van der Waals surface area contributed by atoms with Gasteiger partial charge in [-0.05, 0) is 36.8 Å². The Balaban J connectivity index is 2.24. The summed E-state index contributed by atoms with van der Waals surface area (Å²) in [5.41, 5.74) is 7.66. The molecule has 0 saturated heterocycles. The van der Waals surface area contributed by atoms with Gasteiger partial charge < -0.3 is 15.2 Å². The first kappa shape index (κ1) is 16.3. The first-order chi connectivity index (χ1) is 10.9. The predicted octanol–water partition coefficient (Wildman–Crippen LogP) is 2.93. The predicted molar refractivity (Wildman–Crippen MR) is 87.1 cm³/mol. The maximum atomic E-state index is 11.5.